The predicted molar refractivity (Wildman–Crippen MR) is 139 cm³/mol. The highest BCUT2D eigenvalue weighted by molar-refractivity contribution is 6.01. The molecule has 0 amide bonds. The molecule has 192 valence electrons. The number of nitriles is 1. The van der Waals surface area contributed by atoms with E-state index >= 15 is 0 Å². The van der Waals surface area contributed by atoms with Crippen LogP contribution in [0.25, 0.3) is 0 Å². The van der Waals surface area contributed by atoms with Gasteiger partial charge in [0.1, 0.15) is 49.4 Å². The lowest BCUT2D eigenvalue weighted by Gasteiger charge is -2.13. The van der Waals surface area contributed by atoms with Gasteiger partial charge < -0.3 is 23.8 Å². The molecule has 3 aromatic rings. The third-order valence-corrected chi connectivity index (χ3v) is 5.25. The first kappa shape index (κ1) is 27.1. The molecule has 0 atom stereocenters. The van der Waals surface area contributed by atoms with Gasteiger partial charge in [-0.1, -0.05) is 53.7 Å². The lowest BCUT2D eigenvalue weighted by atomic mass is 10.1. The molecule has 0 saturated carbocycles. The Morgan fingerprint density at radius 2 is 1.70 bits per heavy atom. The third kappa shape index (κ3) is 8.89. The molecule has 3 rings (SSSR count). The van der Waals surface area contributed by atoms with Crippen LogP contribution < -0.4 is 14.2 Å². The van der Waals surface area contributed by atoms with Crippen LogP contribution in [0.1, 0.15) is 30.0 Å². The van der Waals surface area contributed by atoms with Crippen molar-refractivity contribution in [3.63, 3.8) is 0 Å². The third-order valence-electron chi connectivity index (χ3n) is 5.25. The summed E-state index contributed by atoms with van der Waals surface area (Å²) in [6.45, 7) is 2.61. The number of hydrogen-bond donors (Lipinski definition) is 0. The summed E-state index contributed by atoms with van der Waals surface area (Å²) in [7, 11) is 1.51. The van der Waals surface area contributed by atoms with E-state index in [1.807, 2.05) is 72.8 Å². The van der Waals surface area contributed by atoms with Crippen molar-refractivity contribution in [1.82, 2.24) is 0 Å². The fourth-order valence-corrected chi connectivity index (χ4v) is 3.45. The standard InChI is InChI=1S/C29H30N2O6/c1-3-34-29(32)16-12-24-11-15-26(19-28(24)35-18-17-30)36-20-22-9-13-25(14-10-22)37-21-27(31-33-2)23-7-5-4-6-8-23/h4-11,13-15,19H,3,12,16,18,20-21H2,1-2H3/b31-27-. The van der Waals surface area contributed by atoms with Gasteiger partial charge >= 0.3 is 5.97 Å². The first-order valence-electron chi connectivity index (χ1n) is 11.9. The van der Waals surface area contributed by atoms with Gasteiger partial charge in [0.2, 0.25) is 0 Å². The first-order chi connectivity index (χ1) is 18.1. The summed E-state index contributed by atoms with van der Waals surface area (Å²) in [6, 6.07) is 24.6. The van der Waals surface area contributed by atoms with Crippen LogP contribution >= 0.6 is 0 Å². The first-order valence-corrected chi connectivity index (χ1v) is 11.9. The molecule has 37 heavy (non-hydrogen) atoms. The Balaban J connectivity index is 1.57. The van der Waals surface area contributed by atoms with E-state index in [0.717, 1.165) is 16.7 Å². The molecule has 0 spiro atoms. The number of carbonyl (C=O) groups excluding carboxylic acids is 1. The Morgan fingerprint density at radius 3 is 2.41 bits per heavy atom. The highest BCUT2D eigenvalue weighted by Crippen LogP contribution is 2.27. The molecule has 0 heterocycles. The van der Waals surface area contributed by atoms with Crippen molar-refractivity contribution in [2.45, 2.75) is 26.4 Å². The van der Waals surface area contributed by atoms with Gasteiger partial charge in [-0.3, -0.25) is 4.79 Å². The summed E-state index contributed by atoms with van der Waals surface area (Å²) >= 11 is 0. The van der Waals surface area contributed by atoms with Crippen molar-refractivity contribution in [3.8, 4) is 23.3 Å². The lowest BCUT2D eigenvalue weighted by molar-refractivity contribution is -0.143. The fourth-order valence-electron chi connectivity index (χ4n) is 3.45. The van der Waals surface area contributed by atoms with E-state index in [1.54, 1.807) is 13.0 Å². The minimum Gasteiger partial charge on any atom is -0.489 e. The van der Waals surface area contributed by atoms with Crippen molar-refractivity contribution < 1.29 is 28.6 Å². The van der Waals surface area contributed by atoms with Gasteiger partial charge in [0.25, 0.3) is 0 Å². The molecule has 0 radical (unpaired) electrons. The van der Waals surface area contributed by atoms with E-state index in [0.29, 0.717) is 42.6 Å². The Labute approximate surface area is 217 Å². The zero-order valence-corrected chi connectivity index (χ0v) is 21.0. The minimum absolute atomic E-state index is 0.0988. The molecule has 8 heteroatoms. The molecular formula is C29H30N2O6. The highest BCUT2D eigenvalue weighted by atomic mass is 16.6. The quantitative estimate of drug-likeness (QED) is 0.172. The van der Waals surface area contributed by atoms with Crippen LogP contribution in [0.3, 0.4) is 0 Å². The van der Waals surface area contributed by atoms with Crippen molar-refractivity contribution in [2.75, 3.05) is 26.9 Å². The second-order valence-corrected chi connectivity index (χ2v) is 7.83. The van der Waals surface area contributed by atoms with Gasteiger partial charge in [0, 0.05) is 18.1 Å². The van der Waals surface area contributed by atoms with Gasteiger partial charge in [0.05, 0.1) is 6.61 Å². The number of aryl methyl sites for hydroxylation is 1. The topological polar surface area (TPSA) is 99.4 Å². The number of benzene rings is 3. The van der Waals surface area contributed by atoms with E-state index in [2.05, 4.69) is 5.16 Å². The van der Waals surface area contributed by atoms with E-state index in [1.165, 1.54) is 7.11 Å². The number of esters is 1. The molecule has 0 aliphatic carbocycles. The minimum atomic E-state index is -0.274. The molecule has 0 aliphatic rings. The number of oxime groups is 1. The van der Waals surface area contributed by atoms with Gasteiger partial charge in [-0.15, -0.1) is 0 Å². The summed E-state index contributed by atoms with van der Waals surface area (Å²) in [4.78, 5) is 16.7. The maximum absolute atomic E-state index is 11.7. The van der Waals surface area contributed by atoms with E-state index in [-0.39, 0.29) is 25.6 Å². The molecule has 0 aromatic heterocycles. The van der Waals surface area contributed by atoms with Gasteiger partial charge in [-0.25, -0.2) is 0 Å². The maximum atomic E-state index is 11.7. The van der Waals surface area contributed by atoms with Gasteiger partial charge in [0.15, 0.2) is 6.61 Å². The number of rotatable bonds is 14. The average Bonchev–Trinajstić information content (AvgIpc) is 2.93. The van der Waals surface area contributed by atoms with Gasteiger partial charge in [-0.05, 0) is 42.7 Å². The summed E-state index contributed by atoms with van der Waals surface area (Å²) in [5, 5.41) is 13.0. The van der Waals surface area contributed by atoms with Gasteiger partial charge in [-0.2, -0.15) is 5.26 Å². The Hall–Kier alpha value is -4.51. The number of carbonyl (C=O) groups is 1. The molecule has 0 unspecified atom stereocenters. The zero-order chi connectivity index (χ0) is 26.3. The Morgan fingerprint density at radius 1 is 0.946 bits per heavy atom. The van der Waals surface area contributed by atoms with Crippen LogP contribution in [0.4, 0.5) is 0 Å². The fraction of sp³-hybridized carbons (Fsp3) is 0.276. The molecule has 0 fully saturated rings. The molecule has 3 aromatic carbocycles. The van der Waals surface area contributed by atoms with E-state index < -0.39 is 0 Å². The van der Waals surface area contributed by atoms with Crippen molar-refractivity contribution in [2.24, 2.45) is 5.16 Å². The monoisotopic (exact) mass is 502 g/mol. The lowest BCUT2D eigenvalue weighted by Crippen LogP contribution is -2.13. The molecule has 0 N–H and O–H groups in total. The second kappa shape index (κ2) is 14.8. The molecule has 8 nitrogen and oxygen atoms in total. The normalized spacial score (nSPS) is 10.8. The van der Waals surface area contributed by atoms with E-state index in [4.69, 9.17) is 29.0 Å². The van der Waals surface area contributed by atoms with Crippen LogP contribution in [-0.2, 0) is 27.4 Å². The molecule has 0 bridgehead atoms. The SMILES string of the molecule is CCOC(=O)CCc1ccc(OCc2ccc(OC/C(=N/OC)c3ccccc3)cc2)cc1OCC#N. The Bertz CT molecular complexity index is 1200. The van der Waals surface area contributed by atoms with Crippen molar-refractivity contribution in [3.05, 3.63) is 89.5 Å². The van der Waals surface area contributed by atoms with Crippen LogP contribution in [0.15, 0.2) is 78.0 Å². The van der Waals surface area contributed by atoms with Crippen molar-refractivity contribution >= 4 is 11.7 Å². The summed E-state index contributed by atoms with van der Waals surface area (Å²) in [5.41, 5.74) is 3.38. The molecular weight excluding hydrogens is 472 g/mol. The van der Waals surface area contributed by atoms with Crippen LogP contribution in [-0.4, -0.2) is 38.6 Å². The smallest absolute Gasteiger partial charge is 0.306 e. The summed E-state index contributed by atoms with van der Waals surface area (Å²) in [5.74, 6) is 1.53. The number of hydrogen-bond acceptors (Lipinski definition) is 8. The molecule has 0 saturated heterocycles. The van der Waals surface area contributed by atoms with Crippen LogP contribution in [0.2, 0.25) is 0 Å². The van der Waals surface area contributed by atoms with Crippen LogP contribution in [0.5, 0.6) is 17.2 Å². The zero-order valence-electron chi connectivity index (χ0n) is 21.0. The number of ether oxygens (including phenoxy) is 4. The second-order valence-electron chi connectivity index (χ2n) is 7.83. The maximum Gasteiger partial charge on any atom is 0.306 e. The molecule has 0 aliphatic heterocycles. The van der Waals surface area contributed by atoms with Crippen molar-refractivity contribution in [1.29, 1.82) is 5.26 Å². The highest BCUT2D eigenvalue weighted by Gasteiger charge is 2.11. The summed E-state index contributed by atoms with van der Waals surface area (Å²) in [6.07, 6.45) is 0.679. The average molecular weight is 503 g/mol. The Kier molecular flexibility index (Phi) is 10.8. The summed E-state index contributed by atoms with van der Waals surface area (Å²) < 4.78 is 22.4. The van der Waals surface area contributed by atoms with Crippen LogP contribution in [0, 0.1) is 11.3 Å². The predicted octanol–water partition coefficient (Wildman–Crippen LogP) is 5.09. The number of nitrogens with zero attached hydrogens (tertiary/aromatic N) is 2. The largest absolute Gasteiger partial charge is 0.489 e. The van der Waals surface area contributed by atoms with E-state index in [9.17, 15) is 4.79 Å².